The van der Waals surface area contributed by atoms with Gasteiger partial charge in [-0.25, -0.2) is 15.0 Å². The highest BCUT2D eigenvalue weighted by molar-refractivity contribution is 6.00. The zero-order valence-corrected chi connectivity index (χ0v) is 7.56. The van der Waals surface area contributed by atoms with E-state index < -0.39 is 0 Å². The first-order valence-corrected chi connectivity index (χ1v) is 4.29. The molecule has 4 heteroatoms. The molecule has 0 radical (unpaired) electrons. The molecule has 0 unspecified atom stereocenters. The summed E-state index contributed by atoms with van der Waals surface area (Å²) in [6.45, 7) is 1.99. The fourth-order valence-electron chi connectivity index (χ4n) is 1.51. The molecule has 14 heavy (non-hydrogen) atoms. The second kappa shape index (κ2) is 2.51. The Hall–Kier alpha value is -1.97. The van der Waals surface area contributed by atoms with Gasteiger partial charge < -0.3 is 4.42 Å². The van der Waals surface area contributed by atoms with Gasteiger partial charge in [0.2, 0.25) is 5.71 Å². The SMILES string of the molecule is Cc1cnc2oc3cncnc3c2c1. The molecule has 0 aliphatic heterocycles. The summed E-state index contributed by atoms with van der Waals surface area (Å²) in [5, 5.41) is 0.947. The monoisotopic (exact) mass is 185 g/mol. The van der Waals surface area contributed by atoms with Crippen LogP contribution >= 0.6 is 0 Å². The normalized spacial score (nSPS) is 11.2. The lowest BCUT2D eigenvalue weighted by atomic mass is 10.2. The Morgan fingerprint density at radius 1 is 1.21 bits per heavy atom. The lowest BCUT2D eigenvalue weighted by molar-refractivity contribution is 0.651. The maximum absolute atomic E-state index is 5.47. The van der Waals surface area contributed by atoms with Crippen LogP contribution in [-0.4, -0.2) is 15.0 Å². The molecule has 0 aliphatic rings. The minimum Gasteiger partial charge on any atom is -0.434 e. The number of rotatable bonds is 0. The Balaban J connectivity index is 2.58. The third-order valence-electron chi connectivity index (χ3n) is 2.13. The van der Waals surface area contributed by atoms with Gasteiger partial charge in [0.1, 0.15) is 11.8 Å². The van der Waals surface area contributed by atoms with Crippen LogP contribution in [0.5, 0.6) is 0 Å². The zero-order chi connectivity index (χ0) is 9.54. The molecule has 0 saturated heterocycles. The summed E-state index contributed by atoms with van der Waals surface area (Å²) in [5.74, 6) is 0. The summed E-state index contributed by atoms with van der Waals surface area (Å²) in [6, 6.07) is 2.02. The lowest BCUT2D eigenvalue weighted by Crippen LogP contribution is -1.78. The number of fused-ring (bicyclic) bond motifs is 3. The zero-order valence-electron chi connectivity index (χ0n) is 7.56. The number of aryl methyl sites for hydroxylation is 1. The van der Waals surface area contributed by atoms with Gasteiger partial charge in [0.25, 0.3) is 0 Å². The highest BCUT2D eigenvalue weighted by Gasteiger charge is 2.08. The van der Waals surface area contributed by atoms with Crippen molar-refractivity contribution >= 4 is 22.2 Å². The van der Waals surface area contributed by atoms with E-state index in [-0.39, 0.29) is 0 Å². The molecule has 4 nitrogen and oxygen atoms in total. The molecule has 0 aliphatic carbocycles. The van der Waals surface area contributed by atoms with Gasteiger partial charge in [0.05, 0.1) is 11.6 Å². The summed E-state index contributed by atoms with van der Waals surface area (Å²) >= 11 is 0. The Labute approximate surface area is 79.6 Å². The molecule has 0 atom stereocenters. The van der Waals surface area contributed by atoms with Gasteiger partial charge in [-0.3, -0.25) is 0 Å². The van der Waals surface area contributed by atoms with Crippen LogP contribution in [0.25, 0.3) is 22.2 Å². The third kappa shape index (κ3) is 0.907. The molecule has 0 spiro atoms. The molecular weight excluding hydrogens is 178 g/mol. The largest absolute Gasteiger partial charge is 0.434 e. The molecule has 3 aromatic heterocycles. The van der Waals surface area contributed by atoms with Crippen molar-refractivity contribution in [3.05, 3.63) is 30.4 Å². The van der Waals surface area contributed by atoms with E-state index in [2.05, 4.69) is 15.0 Å². The van der Waals surface area contributed by atoms with Crippen LogP contribution in [0.4, 0.5) is 0 Å². The van der Waals surface area contributed by atoms with E-state index in [9.17, 15) is 0 Å². The fraction of sp³-hybridized carbons (Fsp3) is 0.100. The van der Waals surface area contributed by atoms with E-state index in [1.807, 2.05) is 13.0 Å². The van der Waals surface area contributed by atoms with E-state index in [1.165, 1.54) is 6.33 Å². The highest BCUT2D eigenvalue weighted by atomic mass is 16.3. The van der Waals surface area contributed by atoms with Crippen LogP contribution in [0.1, 0.15) is 5.56 Å². The molecule has 3 aromatic rings. The van der Waals surface area contributed by atoms with Crippen molar-refractivity contribution in [2.24, 2.45) is 0 Å². The van der Waals surface area contributed by atoms with Gasteiger partial charge in [-0.1, -0.05) is 0 Å². The topological polar surface area (TPSA) is 51.8 Å². The standard InChI is InChI=1S/C10H7N3O/c1-6-2-7-9-8(4-11-5-13-9)14-10(7)12-3-6/h2-5H,1H3. The van der Waals surface area contributed by atoms with Gasteiger partial charge in [-0.15, -0.1) is 0 Å². The van der Waals surface area contributed by atoms with Crippen molar-refractivity contribution in [2.45, 2.75) is 6.92 Å². The summed E-state index contributed by atoms with van der Waals surface area (Å²) in [7, 11) is 0. The first-order valence-electron chi connectivity index (χ1n) is 4.29. The molecule has 0 aromatic carbocycles. The molecule has 3 heterocycles. The van der Waals surface area contributed by atoms with Crippen molar-refractivity contribution in [3.8, 4) is 0 Å². The predicted octanol–water partition coefficient (Wildman–Crippen LogP) is 2.08. The Kier molecular flexibility index (Phi) is 1.33. The summed E-state index contributed by atoms with van der Waals surface area (Å²) < 4.78 is 5.47. The maximum atomic E-state index is 5.47. The van der Waals surface area contributed by atoms with Crippen LogP contribution in [0.2, 0.25) is 0 Å². The van der Waals surface area contributed by atoms with Crippen LogP contribution in [-0.2, 0) is 0 Å². The molecule has 3 rings (SSSR count). The molecule has 0 bridgehead atoms. The Bertz CT molecular complexity index is 615. The van der Waals surface area contributed by atoms with Crippen molar-refractivity contribution in [3.63, 3.8) is 0 Å². The number of hydrogen-bond acceptors (Lipinski definition) is 4. The van der Waals surface area contributed by atoms with E-state index in [0.717, 1.165) is 16.5 Å². The predicted molar refractivity (Wildman–Crippen MR) is 51.8 cm³/mol. The molecule has 0 amide bonds. The van der Waals surface area contributed by atoms with Crippen molar-refractivity contribution in [2.75, 3.05) is 0 Å². The molecule has 0 saturated carbocycles. The molecule has 68 valence electrons. The fourth-order valence-corrected chi connectivity index (χ4v) is 1.51. The number of furan rings is 1. The minimum absolute atomic E-state index is 0.617. The first-order chi connectivity index (χ1) is 6.84. The maximum Gasteiger partial charge on any atom is 0.229 e. The molecular formula is C10H7N3O. The lowest BCUT2D eigenvalue weighted by Gasteiger charge is -1.89. The van der Waals surface area contributed by atoms with E-state index in [4.69, 9.17) is 4.42 Å². The van der Waals surface area contributed by atoms with Crippen molar-refractivity contribution < 1.29 is 4.42 Å². The number of hydrogen-bond donors (Lipinski definition) is 0. The average molecular weight is 185 g/mol. The van der Waals surface area contributed by atoms with E-state index >= 15 is 0 Å². The third-order valence-corrected chi connectivity index (χ3v) is 2.13. The average Bonchev–Trinajstić information content (AvgIpc) is 2.56. The summed E-state index contributed by atoms with van der Waals surface area (Å²) in [4.78, 5) is 12.2. The second-order valence-electron chi connectivity index (χ2n) is 3.20. The van der Waals surface area contributed by atoms with Gasteiger partial charge in [0.15, 0.2) is 5.58 Å². The Morgan fingerprint density at radius 3 is 3.07 bits per heavy atom. The van der Waals surface area contributed by atoms with Crippen LogP contribution < -0.4 is 0 Å². The summed E-state index contributed by atoms with van der Waals surface area (Å²) in [5.41, 5.74) is 3.22. The van der Waals surface area contributed by atoms with Crippen LogP contribution in [0, 0.1) is 6.92 Å². The van der Waals surface area contributed by atoms with E-state index in [0.29, 0.717) is 11.3 Å². The van der Waals surface area contributed by atoms with Gasteiger partial charge >= 0.3 is 0 Å². The molecule has 0 fully saturated rings. The highest BCUT2D eigenvalue weighted by Crippen LogP contribution is 2.24. The number of aromatic nitrogens is 3. The van der Waals surface area contributed by atoms with Gasteiger partial charge in [-0.05, 0) is 18.6 Å². The molecule has 0 N–H and O–H groups in total. The Morgan fingerprint density at radius 2 is 2.14 bits per heavy atom. The van der Waals surface area contributed by atoms with Crippen LogP contribution in [0.15, 0.2) is 29.2 Å². The van der Waals surface area contributed by atoms with Crippen molar-refractivity contribution in [1.29, 1.82) is 0 Å². The quantitative estimate of drug-likeness (QED) is 0.538. The minimum atomic E-state index is 0.617. The summed E-state index contributed by atoms with van der Waals surface area (Å²) in [6.07, 6.45) is 4.94. The van der Waals surface area contributed by atoms with Crippen molar-refractivity contribution in [1.82, 2.24) is 15.0 Å². The van der Waals surface area contributed by atoms with Gasteiger partial charge in [-0.2, -0.15) is 0 Å². The first kappa shape index (κ1) is 7.44. The van der Waals surface area contributed by atoms with Gasteiger partial charge in [0, 0.05) is 6.20 Å². The second-order valence-corrected chi connectivity index (χ2v) is 3.20. The van der Waals surface area contributed by atoms with Crippen LogP contribution in [0.3, 0.4) is 0 Å². The number of nitrogens with zero attached hydrogens (tertiary/aromatic N) is 3. The smallest absolute Gasteiger partial charge is 0.229 e. The van der Waals surface area contributed by atoms with E-state index in [1.54, 1.807) is 12.4 Å². The number of pyridine rings is 1.